The Morgan fingerprint density at radius 2 is 1.95 bits per heavy atom. The van der Waals surface area contributed by atoms with Crippen molar-refractivity contribution in [2.75, 3.05) is 6.54 Å². The van der Waals surface area contributed by atoms with Crippen LogP contribution >= 0.6 is 15.9 Å². The van der Waals surface area contributed by atoms with Crippen molar-refractivity contribution in [3.05, 3.63) is 64.1 Å². The molecule has 1 atom stereocenters. The van der Waals surface area contributed by atoms with Gasteiger partial charge in [0.2, 0.25) is 0 Å². The van der Waals surface area contributed by atoms with Crippen molar-refractivity contribution in [2.24, 2.45) is 0 Å². The first-order valence-corrected chi connectivity index (χ1v) is 7.75. The van der Waals surface area contributed by atoms with Crippen LogP contribution in [0.25, 0.3) is 0 Å². The van der Waals surface area contributed by atoms with E-state index in [1.165, 1.54) is 5.56 Å². The average molecular weight is 334 g/mol. The molecular weight excluding hydrogens is 314 g/mol. The second kappa shape index (κ2) is 7.46. The Morgan fingerprint density at radius 3 is 2.65 bits per heavy atom. The van der Waals surface area contributed by atoms with E-state index in [0.29, 0.717) is 5.75 Å². The van der Waals surface area contributed by atoms with Crippen LogP contribution in [0.3, 0.4) is 0 Å². The Labute approximate surface area is 129 Å². The predicted molar refractivity (Wildman–Crippen MR) is 87.0 cm³/mol. The van der Waals surface area contributed by atoms with Gasteiger partial charge in [0.15, 0.2) is 0 Å². The standard InChI is InChI=1S/C17H20BrNO/c1-2-9-19-17(14-6-4-7-15(18)12-14)11-13-5-3-8-16(20)10-13/h3-8,10,12,17,19-20H,2,9,11H2,1H3. The van der Waals surface area contributed by atoms with Gasteiger partial charge in [-0.25, -0.2) is 0 Å². The van der Waals surface area contributed by atoms with Crippen molar-refractivity contribution >= 4 is 15.9 Å². The molecule has 2 rings (SSSR count). The molecule has 0 amide bonds. The van der Waals surface area contributed by atoms with Gasteiger partial charge in [-0.15, -0.1) is 0 Å². The van der Waals surface area contributed by atoms with E-state index in [2.05, 4.69) is 52.4 Å². The lowest BCUT2D eigenvalue weighted by atomic mass is 9.98. The highest BCUT2D eigenvalue weighted by molar-refractivity contribution is 9.10. The lowest BCUT2D eigenvalue weighted by Gasteiger charge is -2.19. The van der Waals surface area contributed by atoms with Gasteiger partial charge < -0.3 is 10.4 Å². The average Bonchev–Trinajstić information content (AvgIpc) is 2.43. The van der Waals surface area contributed by atoms with E-state index in [0.717, 1.165) is 29.4 Å². The molecule has 106 valence electrons. The number of rotatable bonds is 6. The van der Waals surface area contributed by atoms with Gasteiger partial charge in [-0.3, -0.25) is 0 Å². The number of benzene rings is 2. The quantitative estimate of drug-likeness (QED) is 0.819. The normalized spacial score (nSPS) is 12.3. The van der Waals surface area contributed by atoms with Crippen molar-refractivity contribution in [1.29, 1.82) is 0 Å². The van der Waals surface area contributed by atoms with Crippen LogP contribution in [0.5, 0.6) is 5.75 Å². The minimum Gasteiger partial charge on any atom is -0.508 e. The second-order valence-electron chi connectivity index (χ2n) is 4.94. The van der Waals surface area contributed by atoms with E-state index in [1.807, 2.05) is 18.2 Å². The summed E-state index contributed by atoms with van der Waals surface area (Å²) in [6.07, 6.45) is 1.97. The summed E-state index contributed by atoms with van der Waals surface area (Å²) in [6.45, 7) is 3.15. The lowest BCUT2D eigenvalue weighted by molar-refractivity contribution is 0.473. The fourth-order valence-electron chi connectivity index (χ4n) is 2.27. The van der Waals surface area contributed by atoms with Crippen molar-refractivity contribution < 1.29 is 5.11 Å². The Morgan fingerprint density at radius 1 is 1.15 bits per heavy atom. The Balaban J connectivity index is 2.19. The Hall–Kier alpha value is -1.32. The molecule has 0 radical (unpaired) electrons. The molecule has 0 bridgehead atoms. The van der Waals surface area contributed by atoms with Gasteiger partial charge >= 0.3 is 0 Å². The molecule has 20 heavy (non-hydrogen) atoms. The summed E-state index contributed by atoms with van der Waals surface area (Å²) < 4.78 is 1.09. The molecule has 0 saturated carbocycles. The topological polar surface area (TPSA) is 32.3 Å². The summed E-state index contributed by atoms with van der Waals surface area (Å²) in [5.41, 5.74) is 2.40. The van der Waals surface area contributed by atoms with Gasteiger partial charge in [-0.2, -0.15) is 0 Å². The maximum atomic E-state index is 9.59. The predicted octanol–water partition coefficient (Wildman–Crippen LogP) is 4.44. The minimum absolute atomic E-state index is 0.259. The molecule has 2 N–H and O–H groups in total. The first kappa shape index (κ1) is 15.1. The third-order valence-electron chi connectivity index (χ3n) is 3.24. The van der Waals surface area contributed by atoms with E-state index >= 15 is 0 Å². The summed E-state index contributed by atoms with van der Waals surface area (Å²) in [5.74, 6) is 0.325. The molecule has 0 aromatic heterocycles. The number of hydrogen-bond acceptors (Lipinski definition) is 2. The fraction of sp³-hybridized carbons (Fsp3) is 0.294. The highest BCUT2D eigenvalue weighted by Gasteiger charge is 2.12. The van der Waals surface area contributed by atoms with E-state index < -0.39 is 0 Å². The maximum absolute atomic E-state index is 9.59. The molecule has 0 fully saturated rings. The molecule has 3 heteroatoms. The van der Waals surface area contributed by atoms with Gasteiger partial charge in [0.25, 0.3) is 0 Å². The number of halogens is 1. The molecule has 2 aromatic carbocycles. The lowest BCUT2D eigenvalue weighted by Crippen LogP contribution is -2.24. The first-order chi connectivity index (χ1) is 9.69. The van der Waals surface area contributed by atoms with Gasteiger partial charge in [0.1, 0.15) is 5.75 Å². The number of phenolic OH excluding ortho intramolecular Hbond substituents is 1. The van der Waals surface area contributed by atoms with E-state index in [1.54, 1.807) is 6.07 Å². The zero-order valence-corrected chi connectivity index (χ0v) is 13.2. The van der Waals surface area contributed by atoms with Crippen LogP contribution in [-0.4, -0.2) is 11.7 Å². The van der Waals surface area contributed by atoms with Crippen LogP contribution in [0.4, 0.5) is 0 Å². The largest absolute Gasteiger partial charge is 0.508 e. The van der Waals surface area contributed by atoms with Crippen LogP contribution in [-0.2, 0) is 6.42 Å². The number of phenols is 1. The molecule has 0 heterocycles. The smallest absolute Gasteiger partial charge is 0.115 e. The van der Waals surface area contributed by atoms with E-state index in [9.17, 15) is 5.11 Å². The number of nitrogens with one attached hydrogen (secondary N) is 1. The van der Waals surface area contributed by atoms with Gasteiger partial charge in [-0.05, 0) is 54.8 Å². The van der Waals surface area contributed by atoms with E-state index in [4.69, 9.17) is 0 Å². The Bertz CT molecular complexity index is 556. The van der Waals surface area contributed by atoms with Crippen molar-refractivity contribution in [3.63, 3.8) is 0 Å². The van der Waals surface area contributed by atoms with Crippen LogP contribution < -0.4 is 5.32 Å². The first-order valence-electron chi connectivity index (χ1n) is 6.96. The summed E-state index contributed by atoms with van der Waals surface area (Å²) in [5, 5.41) is 13.2. The van der Waals surface area contributed by atoms with Gasteiger partial charge in [0.05, 0.1) is 0 Å². The molecule has 0 aliphatic heterocycles. The maximum Gasteiger partial charge on any atom is 0.115 e. The fourth-order valence-corrected chi connectivity index (χ4v) is 2.69. The van der Waals surface area contributed by atoms with Crippen LogP contribution in [0, 0.1) is 0 Å². The van der Waals surface area contributed by atoms with Crippen LogP contribution in [0.2, 0.25) is 0 Å². The SMILES string of the molecule is CCCNC(Cc1cccc(O)c1)c1cccc(Br)c1. The molecule has 0 aliphatic rings. The third kappa shape index (κ3) is 4.36. The zero-order valence-electron chi connectivity index (χ0n) is 11.6. The summed E-state index contributed by atoms with van der Waals surface area (Å²) in [7, 11) is 0. The Kier molecular flexibility index (Phi) is 5.62. The molecule has 2 nitrogen and oxygen atoms in total. The molecule has 0 aliphatic carbocycles. The van der Waals surface area contributed by atoms with Crippen molar-refractivity contribution in [3.8, 4) is 5.75 Å². The van der Waals surface area contributed by atoms with Crippen molar-refractivity contribution in [2.45, 2.75) is 25.8 Å². The summed E-state index contributed by atoms with van der Waals surface area (Å²) in [4.78, 5) is 0. The third-order valence-corrected chi connectivity index (χ3v) is 3.74. The molecule has 0 saturated heterocycles. The molecule has 1 unspecified atom stereocenters. The number of hydrogen-bond donors (Lipinski definition) is 2. The number of aromatic hydroxyl groups is 1. The molecule has 2 aromatic rings. The van der Waals surface area contributed by atoms with Crippen molar-refractivity contribution in [1.82, 2.24) is 5.32 Å². The monoisotopic (exact) mass is 333 g/mol. The van der Waals surface area contributed by atoms with Crippen LogP contribution in [0.15, 0.2) is 53.0 Å². The zero-order chi connectivity index (χ0) is 14.4. The summed E-state index contributed by atoms with van der Waals surface area (Å²) >= 11 is 3.53. The van der Waals surface area contributed by atoms with Gasteiger partial charge in [0, 0.05) is 10.5 Å². The summed E-state index contributed by atoms with van der Waals surface area (Å²) in [6, 6.07) is 16.1. The van der Waals surface area contributed by atoms with Crippen LogP contribution in [0.1, 0.15) is 30.5 Å². The second-order valence-corrected chi connectivity index (χ2v) is 5.85. The highest BCUT2D eigenvalue weighted by atomic mass is 79.9. The minimum atomic E-state index is 0.259. The van der Waals surface area contributed by atoms with E-state index in [-0.39, 0.29) is 6.04 Å². The molecular formula is C17H20BrNO. The molecule has 0 spiro atoms. The highest BCUT2D eigenvalue weighted by Crippen LogP contribution is 2.23. The van der Waals surface area contributed by atoms with Gasteiger partial charge in [-0.1, -0.05) is 47.1 Å².